The number of likely N-dealkylation sites (tertiary alicyclic amines) is 1. The van der Waals surface area contributed by atoms with E-state index < -0.39 is 5.41 Å². The van der Waals surface area contributed by atoms with Crippen molar-refractivity contribution < 1.29 is 9.59 Å². The van der Waals surface area contributed by atoms with Gasteiger partial charge in [0.2, 0.25) is 11.9 Å². The predicted octanol–water partition coefficient (Wildman–Crippen LogP) is 2.62. The minimum absolute atomic E-state index is 0.0105. The fraction of sp³-hybridized carbons (Fsp3) is 0.478. The van der Waals surface area contributed by atoms with Gasteiger partial charge in [-0.15, -0.1) is 0 Å². The van der Waals surface area contributed by atoms with Crippen molar-refractivity contribution in [2.45, 2.75) is 19.8 Å². The molecule has 0 spiro atoms. The van der Waals surface area contributed by atoms with Gasteiger partial charge in [0.05, 0.1) is 5.41 Å². The van der Waals surface area contributed by atoms with Crippen molar-refractivity contribution >= 4 is 23.6 Å². The van der Waals surface area contributed by atoms with Gasteiger partial charge in [-0.25, -0.2) is 14.8 Å². The number of benzene rings is 1. The summed E-state index contributed by atoms with van der Waals surface area (Å²) >= 11 is 0. The minimum Gasteiger partial charge on any atom is -0.348 e. The monoisotopic (exact) mass is 422 g/mol. The van der Waals surface area contributed by atoms with Crippen LogP contribution in [0.4, 0.5) is 16.4 Å². The Hall–Kier alpha value is -3.16. The number of fused-ring (bicyclic) bond motifs is 1. The first-order chi connectivity index (χ1) is 14.9. The summed E-state index contributed by atoms with van der Waals surface area (Å²) in [6.45, 7) is 4.37. The molecule has 31 heavy (non-hydrogen) atoms. The Kier molecular flexibility index (Phi) is 5.80. The van der Waals surface area contributed by atoms with E-state index in [-0.39, 0.29) is 17.9 Å². The van der Waals surface area contributed by atoms with E-state index in [1.807, 2.05) is 50.2 Å². The molecule has 1 N–H and O–H groups in total. The fourth-order valence-electron chi connectivity index (χ4n) is 4.93. The molecule has 0 bridgehead atoms. The normalized spacial score (nSPS) is 23.1. The summed E-state index contributed by atoms with van der Waals surface area (Å²) in [6, 6.07) is 9.44. The topological polar surface area (TPSA) is 81.7 Å². The van der Waals surface area contributed by atoms with Crippen molar-refractivity contribution in [3.05, 3.63) is 48.3 Å². The number of para-hydroxylation sites is 1. The van der Waals surface area contributed by atoms with Gasteiger partial charge in [0.15, 0.2) is 0 Å². The van der Waals surface area contributed by atoms with E-state index in [2.05, 4.69) is 20.2 Å². The van der Waals surface area contributed by atoms with E-state index in [0.29, 0.717) is 32.1 Å². The van der Waals surface area contributed by atoms with Gasteiger partial charge in [-0.1, -0.05) is 18.2 Å². The van der Waals surface area contributed by atoms with Crippen molar-refractivity contribution in [3.63, 3.8) is 0 Å². The maximum absolute atomic E-state index is 13.4. The molecule has 8 heteroatoms. The lowest BCUT2D eigenvalue weighted by molar-refractivity contribution is -0.141. The molecular formula is C23H30N6O2. The van der Waals surface area contributed by atoms with Crippen LogP contribution in [0.3, 0.4) is 0 Å². The van der Waals surface area contributed by atoms with Gasteiger partial charge in [0.25, 0.3) is 0 Å². The predicted molar refractivity (Wildman–Crippen MR) is 120 cm³/mol. The molecule has 2 saturated heterocycles. The number of hydrogen-bond donors (Lipinski definition) is 1. The van der Waals surface area contributed by atoms with Gasteiger partial charge in [0.1, 0.15) is 0 Å². The molecule has 8 nitrogen and oxygen atoms in total. The summed E-state index contributed by atoms with van der Waals surface area (Å²) in [5.41, 5.74) is 1.30. The van der Waals surface area contributed by atoms with Gasteiger partial charge < -0.3 is 20.0 Å². The van der Waals surface area contributed by atoms with E-state index in [1.54, 1.807) is 23.4 Å². The molecule has 0 unspecified atom stereocenters. The third kappa shape index (κ3) is 4.06. The lowest BCUT2D eigenvalue weighted by Gasteiger charge is -2.34. The van der Waals surface area contributed by atoms with Crippen molar-refractivity contribution in [2.24, 2.45) is 11.3 Å². The molecule has 0 aliphatic carbocycles. The Bertz CT molecular complexity index is 950. The van der Waals surface area contributed by atoms with Crippen LogP contribution in [0.5, 0.6) is 0 Å². The Balaban J connectivity index is 1.58. The second kappa shape index (κ2) is 8.53. The van der Waals surface area contributed by atoms with Gasteiger partial charge in [0, 0.05) is 64.3 Å². The first-order valence-electron chi connectivity index (χ1n) is 10.8. The van der Waals surface area contributed by atoms with Crippen LogP contribution in [-0.2, 0) is 4.79 Å². The van der Waals surface area contributed by atoms with Crippen molar-refractivity contribution in [1.29, 1.82) is 0 Å². The van der Waals surface area contributed by atoms with Crippen LogP contribution in [0, 0.1) is 18.3 Å². The number of anilines is 2. The number of nitrogens with zero attached hydrogens (tertiary/aromatic N) is 5. The fourth-order valence-corrected chi connectivity index (χ4v) is 4.93. The maximum atomic E-state index is 13.4. The number of carbonyl (C=O) groups excluding carboxylic acids is 2. The molecule has 2 fully saturated rings. The van der Waals surface area contributed by atoms with E-state index >= 15 is 0 Å². The van der Waals surface area contributed by atoms with Gasteiger partial charge in [-0.05, 0) is 37.5 Å². The van der Waals surface area contributed by atoms with E-state index in [4.69, 9.17) is 0 Å². The van der Waals surface area contributed by atoms with Gasteiger partial charge >= 0.3 is 6.03 Å². The van der Waals surface area contributed by atoms with Crippen molar-refractivity contribution in [1.82, 2.24) is 19.8 Å². The Morgan fingerprint density at radius 3 is 2.58 bits per heavy atom. The first-order valence-corrected chi connectivity index (χ1v) is 10.8. The minimum atomic E-state index is -0.541. The maximum Gasteiger partial charge on any atom is 0.321 e. The highest BCUT2D eigenvalue weighted by Crippen LogP contribution is 2.44. The molecule has 3 heterocycles. The SMILES string of the molecule is Cc1ccccc1NC(=O)N1CCC[C@]2(C(=O)N(C)C)CN(c3ncccn3)C[C@@H]2C1. The van der Waals surface area contributed by atoms with Gasteiger partial charge in [-0.2, -0.15) is 0 Å². The van der Waals surface area contributed by atoms with Crippen LogP contribution >= 0.6 is 0 Å². The third-order valence-corrected chi connectivity index (χ3v) is 6.53. The zero-order valence-corrected chi connectivity index (χ0v) is 18.4. The molecule has 164 valence electrons. The number of carbonyl (C=O) groups is 2. The van der Waals surface area contributed by atoms with Crippen LogP contribution in [-0.4, -0.2) is 72.0 Å². The average molecular weight is 423 g/mol. The zero-order valence-electron chi connectivity index (χ0n) is 18.4. The number of aromatic nitrogens is 2. The third-order valence-electron chi connectivity index (χ3n) is 6.53. The Morgan fingerprint density at radius 2 is 1.87 bits per heavy atom. The number of nitrogens with one attached hydrogen (secondary N) is 1. The summed E-state index contributed by atoms with van der Waals surface area (Å²) < 4.78 is 0. The average Bonchev–Trinajstić information content (AvgIpc) is 3.04. The number of rotatable bonds is 3. The van der Waals surface area contributed by atoms with Crippen LogP contribution < -0.4 is 10.2 Å². The van der Waals surface area contributed by atoms with Crippen LogP contribution in [0.15, 0.2) is 42.7 Å². The van der Waals surface area contributed by atoms with Crippen LogP contribution in [0.25, 0.3) is 0 Å². The van der Waals surface area contributed by atoms with Crippen LogP contribution in [0.1, 0.15) is 18.4 Å². The number of hydrogen-bond acceptors (Lipinski definition) is 5. The lowest BCUT2D eigenvalue weighted by Crippen LogP contribution is -2.48. The molecule has 2 aliphatic heterocycles. The summed E-state index contributed by atoms with van der Waals surface area (Å²) in [6.07, 6.45) is 4.96. The van der Waals surface area contributed by atoms with Gasteiger partial charge in [-0.3, -0.25) is 4.79 Å². The highest BCUT2D eigenvalue weighted by Gasteiger charge is 2.54. The first kappa shape index (κ1) is 21.1. The number of amides is 3. The Morgan fingerprint density at radius 1 is 1.13 bits per heavy atom. The molecule has 0 saturated carbocycles. The Labute approximate surface area is 183 Å². The molecule has 4 rings (SSSR count). The summed E-state index contributed by atoms with van der Waals surface area (Å²) in [5, 5.41) is 3.05. The summed E-state index contributed by atoms with van der Waals surface area (Å²) in [4.78, 5) is 40.9. The number of urea groups is 1. The molecule has 1 aromatic heterocycles. The highest BCUT2D eigenvalue weighted by molar-refractivity contribution is 5.90. The van der Waals surface area contributed by atoms with E-state index in [0.717, 1.165) is 24.1 Å². The second-order valence-electron chi connectivity index (χ2n) is 8.78. The molecule has 2 aromatic rings. The van der Waals surface area contributed by atoms with Crippen LogP contribution in [0.2, 0.25) is 0 Å². The number of aryl methyl sites for hydroxylation is 1. The van der Waals surface area contributed by atoms with Crippen molar-refractivity contribution in [3.8, 4) is 0 Å². The van der Waals surface area contributed by atoms with Crippen molar-refractivity contribution in [2.75, 3.05) is 50.5 Å². The largest absolute Gasteiger partial charge is 0.348 e. The molecular weight excluding hydrogens is 392 g/mol. The van der Waals surface area contributed by atoms with E-state index in [1.165, 1.54) is 0 Å². The molecule has 1 aromatic carbocycles. The van der Waals surface area contributed by atoms with E-state index in [9.17, 15) is 9.59 Å². The second-order valence-corrected chi connectivity index (χ2v) is 8.78. The smallest absolute Gasteiger partial charge is 0.321 e. The zero-order chi connectivity index (χ0) is 22.0. The molecule has 3 amide bonds. The molecule has 2 aliphatic rings. The molecule has 2 atom stereocenters. The highest BCUT2D eigenvalue weighted by atomic mass is 16.2. The molecule has 0 radical (unpaired) electrons. The quantitative estimate of drug-likeness (QED) is 0.822. The lowest BCUT2D eigenvalue weighted by atomic mass is 9.74. The summed E-state index contributed by atoms with van der Waals surface area (Å²) in [5.74, 6) is 0.769. The summed E-state index contributed by atoms with van der Waals surface area (Å²) in [7, 11) is 3.62. The standard InChI is InChI=1S/C23H30N6O2/c1-17-8-4-5-9-19(17)26-22(31)28-13-6-10-23(20(30)27(2)3)16-29(15-18(23)14-28)21-24-11-7-12-25-21/h4-5,7-9,11-12,18H,6,10,13-16H2,1-3H3,(H,26,31)/t18-,23-/m0/s1.